The Morgan fingerprint density at radius 2 is 1.68 bits per heavy atom. The largest absolute Gasteiger partial charge is 0.395 e. The summed E-state index contributed by atoms with van der Waals surface area (Å²) in [5, 5.41) is 8.87. The van der Waals surface area contributed by atoms with E-state index in [1.165, 1.54) is 4.31 Å². The van der Waals surface area contributed by atoms with Gasteiger partial charge < -0.3 is 5.11 Å². The molecule has 1 fully saturated rings. The molecule has 0 aliphatic carbocycles. The number of aliphatic hydroxyl groups is 1. The van der Waals surface area contributed by atoms with Crippen LogP contribution in [-0.2, 0) is 19.9 Å². The van der Waals surface area contributed by atoms with Crippen LogP contribution in [0.2, 0.25) is 0 Å². The highest BCUT2D eigenvalue weighted by Gasteiger charge is 2.25. The summed E-state index contributed by atoms with van der Waals surface area (Å²) in [7, 11) is -6.79. The van der Waals surface area contributed by atoms with Crippen LogP contribution in [0.4, 0.5) is 0 Å². The van der Waals surface area contributed by atoms with E-state index in [1.54, 1.807) is 0 Å². The third kappa shape index (κ3) is 6.17. The minimum absolute atomic E-state index is 0.0564. The number of sulfone groups is 1. The van der Waals surface area contributed by atoms with Gasteiger partial charge >= 0.3 is 0 Å². The first kappa shape index (κ1) is 16.8. The lowest BCUT2D eigenvalue weighted by molar-refractivity contribution is 0.202. The summed E-state index contributed by atoms with van der Waals surface area (Å²) in [5.74, 6) is -0.696. The van der Waals surface area contributed by atoms with Crippen LogP contribution in [-0.4, -0.2) is 88.2 Å². The molecule has 0 aromatic carbocycles. The highest BCUT2D eigenvalue weighted by molar-refractivity contribution is 7.93. The van der Waals surface area contributed by atoms with Gasteiger partial charge in [0.1, 0.15) is 9.84 Å². The molecule has 114 valence electrons. The zero-order valence-corrected chi connectivity index (χ0v) is 12.8. The molecule has 0 atom stereocenters. The Morgan fingerprint density at radius 3 is 2.26 bits per heavy atom. The number of aliphatic hydroxyl groups excluding tert-OH is 1. The fourth-order valence-electron chi connectivity index (χ4n) is 1.98. The third-order valence-corrected chi connectivity index (χ3v) is 6.15. The minimum Gasteiger partial charge on any atom is -0.395 e. The van der Waals surface area contributed by atoms with Crippen LogP contribution in [0.5, 0.6) is 0 Å². The van der Waals surface area contributed by atoms with Crippen molar-refractivity contribution in [2.75, 3.05) is 57.1 Å². The molecule has 0 saturated carbocycles. The van der Waals surface area contributed by atoms with E-state index in [0.29, 0.717) is 32.6 Å². The van der Waals surface area contributed by atoms with Crippen molar-refractivity contribution in [3.63, 3.8) is 0 Å². The quantitative estimate of drug-likeness (QED) is 0.632. The van der Waals surface area contributed by atoms with Crippen molar-refractivity contribution in [1.82, 2.24) is 9.21 Å². The molecule has 1 aliphatic rings. The molecule has 0 spiro atoms. The molecule has 19 heavy (non-hydrogen) atoms. The maximum Gasteiger partial charge on any atom is 0.215 e. The molecule has 0 unspecified atom stereocenters. The SMILES string of the molecule is CS(=O)(=O)CCS(=O)(=O)N1CCCN(CCO)CC1. The normalized spacial score (nSPS) is 20.3. The standard InChI is InChI=1S/C10H22N2O5S2/c1-18(14,15)9-10-19(16,17)12-4-2-3-11(5-6-12)7-8-13/h13H,2-10H2,1H3. The molecule has 7 nitrogen and oxygen atoms in total. The molecule has 9 heteroatoms. The van der Waals surface area contributed by atoms with Gasteiger partial charge in [0.25, 0.3) is 0 Å². The summed E-state index contributed by atoms with van der Waals surface area (Å²) >= 11 is 0. The number of nitrogens with zero attached hydrogens (tertiary/aromatic N) is 2. The second kappa shape index (κ2) is 6.98. The Hall–Kier alpha value is -0.220. The van der Waals surface area contributed by atoms with E-state index in [2.05, 4.69) is 0 Å². The van der Waals surface area contributed by atoms with E-state index in [1.807, 2.05) is 4.90 Å². The first-order valence-corrected chi connectivity index (χ1v) is 9.90. The molecule has 0 aromatic heterocycles. The van der Waals surface area contributed by atoms with Gasteiger partial charge in [0.05, 0.1) is 18.1 Å². The van der Waals surface area contributed by atoms with Crippen molar-refractivity contribution in [3.8, 4) is 0 Å². The van der Waals surface area contributed by atoms with Crippen molar-refractivity contribution in [3.05, 3.63) is 0 Å². The highest BCUT2D eigenvalue weighted by atomic mass is 32.2. The fraction of sp³-hybridized carbons (Fsp3) is 1.00. The molecular formula is C10H22N2O5S2. The van der Waals surface area contributed by atoms with Gasteiger partial charge in [-0.05, 0) is 13.0 Å². The summed E-state index contributed by atoms with van der Waals surface area (Å²) < 4.78 is 47.5. The van der Waals surface area contributed by atoms with Gasteiger partial charge in [-0.15, -0.1) is 0 Å². The summed E-state index contributed by atoms with van der Waals surface area (Å²) in [6.45, 7) is 2.68. The van der Waals surface area contributed by atoms with Crippen molar-refractivity contribution in [2.45, 2.75) is 6.42 Å². The van der Waals surface area contributed by atoms with E-state index in [-0.39, 0.29) is 18.1 Å². The van der Waals surface area contributed by atoms with E-state index in [9.17, 15) is 16.8 Å². The van der Waals surface area contributed by atoms with Gasteiger partial charge in [-0.3, -0.25) is 4.90 Å². The van der Waals surface area contributed by atoms with Crippen LogP contribution in [0.15, 0.2) is 0 Å². The minimum atomic E-state index is -3.51. The van der Waals surface area contributed by atoms with Gasteiger partial charge in [0.2, 0.25) is 10.0 Å². The Balaban J connectivity index is 2.59. The lowest BCUT2D eigenvalue weighted by Crippen LogP contribution is -2.38. The van der Waals surface area contributed by atoms with Crippen LogP contribution in [0.3, 0.4) is 0 Å². The number of rotatable bonds is 6. The second-order valence-corrected chi connectivity index (χ2v) is 9.11. The smallest absolute Gasteiger partial charge is 0.215 e. The molecule has 1 aliphatic heterocycles. The summed E-state index contributed by atoms with van der Waals surface area (Å²) in [5.41, 5.74) is 0. The third-order valence-electron chi connectivity index (χ3n) is 3.07. The fourth-order valence-corrected chi connectivity index (χ4v) is 5.05. The average Bonchev–Trinajstić information content (AvgIpc) is 2.52. The van der Waals surface area contributed by atoms with E-state index in [4.69, 9.17) is 5.11 Å². The molecule has 1 heterocycles. The zero-order chi connectivity index (χ0) is 14.5. The summed E-state index contributed by atoms with van der Waals surface area (Å²) in [6, 6.07) is 0. The Labute approximate surface area is 115 Å². The number of β-amino-alcohol motifs (C(OH)–C–C–N with tert-alkyl or cyclic N) is 1. The Morgan fingerprint density at radius 1 is 1.00 bits per heavy atom. The van der Waals surface area contributed by atoms with Crippen molar-refractivity contribution in [1.29, 1.82) is 0 Å². The maximum absolute atomic E-state index is 12.0. The predicted octanol–water partition coefficient (Wildman–Crippen LogP) is -1.64. The first-order chi connectivity index (χ1) is 8.74. The zero-order valence-electron chi connectivity index (χ0n) is 11.2. The lowest BCUT2D eigenvalue weighted by Gasteiger charge is -2.21. The van der Waals surface area contributed by atoms with Crippen LogP contribution in [0.1, 0.15) is 6.42 Å². The Bertz CT molecular complexity index is 474. The van der Waals surface area contributed by atoms with Crippen molar-refractivity contribution in [2.24, 2.45) is 0 Å². The van der Waals surface area contributed by atoms with Gasteiger partial charge in [-0.25, -0.2) is 21.1 Å². The average molecular weight is 314 g/mol. The molecule has 1 rings (SSSR count). The molecular weight excluding hydrogens is 292 g/mol. The monoisotopic (exact) mass is 314 g/mol. The Kier molecular flexibility index (Phi) is 6.18. The number of hydrogen-bond acceptors (Lipinski definition) is 6. The van der Waals surface area contributed by atoms with Gasteiger partial charge in [-0.1, -0.05) is 0 Å². The van der Waals surface area contributed by atoms with Crippen LogP contribution >= 0.6 is 0 Å². The molecule has 0 aromatic rings. The number of sulfonamides is 1. The summed E-state index contributed by atoms with van der Waals surface area (Å²) in [6.07, 6.45) is 1.73. The van der Waals surface area contributed by atoms with Crippen molar-refractivity contribution < 1.29 is 21.9 Å². The van der Waals surface area contributed by atoms with Gasteiger partial charge in [-0.2, -0.15) is 0 Å². The van der Waals surface area contributed by atoms with E-state index in [0.717, 1.165) is 12.8 Å². The molecule has 0 radical (unpaired) electrons. The van der Waals surface area contributed by atoms with Crippen LogP contribution in [0, 0.1) is 0 Å². The topological polar surface area (TPSA) is 95.0 Å². The predicted molar refractivity (Wildman–Crippen MR) is 73.2 cm³/mol. The van der Waals surface area contributed by atoms with Crippen molar-refractivity contribution >= 4 is 19.9 Å². The first-order valence-electron chi connectivity index (χ1n) is 6.23. The highest BCUT2D eigenvalue weighted by Crippen LogP contribution is 2.09. The molecule has 0 amide bonds. The molecule has 1 saturated heterocycles. The number of hydrogen-bond donors (Lipinski definition) is 1. The van der Waals surface area contributed by atoms with E-state index >= 15 is 0 Å². The van der Waals surface area contributed by atoms with Gasteiger partial charge in [0.15, 0.2) is 0 Å². The molecule has 0 bridgehead atoms. The second-order valence-electron chi connectivity index (χ2n) is 4.76. The van der Waals surface area contributed by atoms with E-state index < -0.39 is 19.9 Å². The molecule has 1 N–H and O–H groups in total. The van der Waals surface area contributed by atoms with Crippen LogP contribution in [0.25, 0.3) is 0 Å². The van der Waals surface area contributed by atoms with Crippen LogP contribution < -0.4 is 0 Å². The lowest BCUT2D eigenvalue weighted by atomic mass is 10.4. The van der Waals surface area contributed by atoms with Gasteiger partial charge in [0, 0.05) is 32.4 Å². The summed E-state index contributed by atoms with van der Waals surface area (Å²) in [4.78, 5) is 2.01. The maximum atomic E-state index is 12.0.